The first-order valence-electron chi connectivity index (χ1n) is 11.9. The number of anilines is 2. The molecule has 3 N–H and O–H groups in total. The van der Waals surface area contributed by atoms with Gasteiger partial charge in [0.15, 0.2) is 0 Å². The number of aliphatic hydroxyl groups is 1. The molecule has 4 rings (SSSR count). The number of alkyl halides is 1. The zero-order chi connectivity index (χ0) is 24.6. The second-order valence-electron chi connectivity index (χ2n) is 9.09. The third-order valence-corrected chi connectivity index (χ3v) is 8.25. The number of nitrogens with zero attached hydrogens (tertiary/aromatic N) is 2. The summed E-state index contributed by atoms with van der Waals surface area (Å²) in [5.41, 5.74) is 0.602. The number of benzene rings is 1. The number of rotatable bonds is 9. The van der Waals surface area contributed by atoms with Crippen LogP contribution in [0.5, 0.6) is 0 Å². The summed E-state index contributed by atoms with van der Waals surface area (Å²) in [7, 11) is 1.54. The first kappa shape index (κ1) is 24.9. The summed E-state index contributed by atoms with van der Waals surface area (Å²) in [5, 5.41) is 15.0. The van der Waals surface area contributed by atoms with Gasteiger partial charge in [0.05, 0.1) is 17.9 Å². The maximum Gasteiger partial charge on any atom is 0.250 e. The number of aliphatic hydroxyl groups excluding tert-OH is 1. The van der Waals surface area contributed by atoms with Gasteiger partial charge in [-0.1, -0.05) is 15.9 Å². The molecule has 3 aliphatic heterocycles. The minimum atomic E-state index is -1.09. The Balaban J connectivity index is 1.64. The molecule has 3 saturated heterocycles. The second-order valence-corrected chi connectivity index (χ2v) is 10.3. The van der Waals surface area contributed by atoms with E-state index >= 15 is 0 Å². The van der Waals surface area contributed by atoms with Crippen molar-refractivity contribution in [2.75, 3.05) is 43.5 Å². The lowest BCUT2D eigenvalue weighted by Crippen LogP contribution is -2.54. The Labute approximate surface area is 208 Å². The normalized spacial score (nSPS) is 31.5. The van der Waals surface area contributed by atoms with Gasteiger partial charge in [0.1, 0.15) is 11.6 Å². The third kappa shape index (κ3) is 3.89. The van der Waals surface area contributed by atoms with Crippen LogP contribution in [-0.4, -0.2) is 83.6 Å². The van der Waals surface area contributed by atoms with Crippen molar-refractivity contribution in [1.29, 1.82) is 0 Å². The van der Waals surface area contributed by atoms with Gasteiger partial charge in [0.2, 0.25) is 17.7 Å². The smallest absolute Gasteiger partial charge is 0.250 e. The van der Waals surface area contributed by atoms with Crippen LogP contribution in [-0.2, 0) is 19.1 Å². The number of amides is 3. The van der Waals surface area contributed by atoms with Crippen LogP contribution in [0.1, 0.15) is 26.7 Å². The van der Waals surface area contributed by atoms with E-state index in [9.17, 15) is 19.5 Å². The lowest BCUT2D eigenvalue weighted by atomic mass is 9.70. The van der Waals surface area contributed by atoms with Crippen molar-refractivity contribution in [2.24, 2.45) is 11.8 Å². The van der Waals surface area contributed by atoms with Crippen molar-refractivity contribution in [1.82, 2.24) is 10.2 Å². The van der Waals surface area contributed by atoms with Crippen molar-refractivity contribution >= 4 is 45.0 Å². The van der Waals surface area contributed by atoms with Crippen LogP contribution in [0.4, 0.5) is 11.4 Å². The molecular weight excluding hydrogens is 504 g/mol. The Bertz CT molecular complexity index is 940. The topological polar surface area (TPSA) is 111 Å². The molecule has 34 heavy (non-hydrogen) atoms. The first-order chi connectivity index (χ1) is 16.3. The largest absolute Gasteiger partial charge is 0.396 e. The summed E-state index contributed by atoms with van der Waals surface area (Å²) >= 11 is 3.62. The number of fused-ring (bicyclic) bond motifs is 1. The van der Waals surface area contributed by atoms with Gasteiger partial charge in [-0.05, 0) is 51.0 Å². The van der Waals surface area contributed by atoms with Gasteiger partial charge < -0.3 is 30.3 Å². The fourth-order valence-electron chi connectivity index (χ4n) is 5.93. The highest BCUT2D eigenvalue weighted by atomic mass is 79.9. The van der Waals surface area contributed by atoms with Crippen LogP contribution < -0.4 is 15.5 Å². The number of carbonyl (C=O) groups is 3. The van der Waals surface area contributed by atoms with Gasteiger partial charge in [-0.25, -0.2) is 0 Å². The number of hydrogen-bond donors (Lipinski definition) is 3. The van der Waals surface area contributed by atoms with E-state index in [0.29, 0.717) is 18.5 Å². The highest BCUT2D eigenvalue weighted by Crippen LogP contribution is 2.60. The fourth-order valence-corrected chi connectivity index (χ4v) is 6.88. The molecule has 3 unspecified atom stereocenters. The van der Waals surface area contributed by atoms with Gasteiger partial charge >= 0.3 is 0 Å². The van der Waals surface area contributed by atoms with E-state index < -0.39 is 29.6 Å². The van der Waals surface area contributed by atoms with Crippen molar-refractivity contribution in [3.05, 3.63) is 24.3 Å². The average Bonchev–Trinajstić information content (AvgIpc) is 3.42. The second kappa shape index (κ2) is 9.83. The molecule has 1 aromatic carbocycles. The van der Waals surface area contributed by atoms with E-state index in [2.05, 4.69) is 45.3 Å². The molecule has 1 spiro atoms. The molecular formula is C24H33BrN4O5. The number of likely N-dealkylation sites (tertiary alicyclic amines) is 1. The van der Waals surface area contributed by atoms with Crippen LogP contribution in [0.15, 0.2) is 24.3 Å². The number of ether oxygens (including phenoxy) is 1. The minimum Gasteiger partial charge on any atom is -0.396 e. The van der Waals surface area contributed by atoms with E-state index in [4.69, 9.17) is 4.74 Å². The zero-order valence-corrected chi connectivity index (χ0v) is 21.4. The summed E-state index contributed by atoms with van der Waals surface area (Å²) < 4.78 is 6.36. The molecule has 186 valence electrons. The van der Waals surface area contributed by atoms with Crippen LogP contribution in [0.25, 0.3) is 0 Å². The molecule has 3 amide bonds. The standard InChI is InChI=1S/C24H33BrN4O5/c1-4-28(5-2)15-9-7-14(8-10-15)27-22(32)20-24-13-16(25)19(34-24)17(21(31)26-3)18(24)23(33)29(20)11-6-12-30/h7-10,16-20,30H,4-6,11-13H2,1-3H3,(H,26,31)(H,27,32)/t16?,17-,18+,19-,20?,24?/m1/s1. The molecule has 6 atom stereocenters. The van der Waals surface area contributed by atoms with E-state index in [1.807, 2.05) is 24.3 Å². The fraction of sp³-hybridized carbons (Fsp3) is 0.625. The van der Waals surface area contributed by atoms with E-state index in [0.717, 1.165) is 18.8 Å². The molecule has 2 bridgehead atoms. The summed E-state index contributed by atoms with van der Waals surface area (Å²) in [6, 6.07) is 6.73. The average molecular weight is 537 g/mol. The van der Waals surface area contributed by atoms with E-state index in [1.54, 1.807) is 7.05 Å². The summed E-state index contributed by atoms with van der Waals surface area (Å²) in [5.74, 6) is -2.27. The number of carbonyl (C=O) groups excluding carboxylic acids is 3. The van der Waals surface area contributed by atoms with Crippen molar-refractivity contribution in [3.63, 3.8) is 0 Å². The highest BCUT2D eigenvalue weighted by molar-refractivity contribution is 9.09. The van der Waals surface area contributed by atoms with Gasteiger partial charge in [-0.3, -0.25) is 14.4 Å². The SMILES string of the molecule is CCN(CC)c1ccc(NC(=O)C2N(CCCO)C(=O)[C@@H]3[C@@H](C(=O)NC)[C@@H]4OC23CC4Br)cc1. The van der Waals surface area contributed by atoms with E-state index in [1.165, 1.54) is 4.90 Å². The van der Waals surface area contributed by atoms with Crippen molar-refractivity contribution in [3.8, 4) is 0 Å². The van der Waals surface area contributed by atoms with Crippen LogP contribution >= 0.6 is 15.9 Å². The molecule has 10 heteroatoms. The van der Waals surface area contributed by atoms with Crippen LogP contribution in [0, 0.1) is 11.8 Å². The Morgan fingerprint density at radius 3 is 2.50 bits per heavy atom. The summed E-state index contributed by atoms with van der Waals surface area (Å²) in [6.07, 6.45) is 0.316. The van der Waals surface area contributed by atoms with Crippen molar-refractivity contribution < 1.29 is 24.2 Å². The Morgan fingerprint density at radius 2 is 1.91 bits per heavy atom. The molecule has 1 aromatic rings. The summed E-state index contributed by atoms with van der Waals surface area (Å²) in [6.45, 7) is 6.06. The van der Waals surface area contributed by atoms with Crippen molar-refractivity contribution in [2.45, 2.75) is 49.3 Å². The quantitative estimate of drug-likeness (QED) is 0.411. The monoisotopic (exact) mass is 536 g/mol. The van der Waals surface area contributed by atoms with Gasteiger partial charge in [0, 0.05) is 49.5 Å². The molecule has 3 aliphatic rings. The van der Waals surface area contributed by atoms with E-state index in [-0.39, 0.29) is 35.7 Å². The number of hydrogen-bond acceptors (Lipinski definition) is 6. The maximum absolute atomic E-state index is 13.7. The lowest BCUT2D eigenvalue weighted by Gasteiger charge is -2.34. The zero-order valence-electron chi connectivity index (χ0n) is 19.8. The van der Waals surface area contributed by atoms with Crippen LogP contribution in [0.3, 0.4) is 0 Å². The Morgan fingerprint density at radius 1 is 1.24 bits per heavy atom. The number of halogens is 1. The molecule has 0 radical (unpaired) electrons. The van der Waals surface area contributed by atoms with Gasteiger partial charge in [-0.2, -0.15) is 0 Å². The molecule has 3 heterocycles. The number of nitrogens with one attached hydrogen (secondary N) is 2. The summed E-state index contributed by atoms with van der Waals surface area (Å²) in [4.78, 5) is 43.5. The van der Waals surface area contributed by atoms with Crippen LogP contribution in [0.2, 0.25) is 0 Å². The highest BCUT2D eigenvalue weighted by Gasteiger charge is 2.76. The molecule has 9 nitrogen and oxygen atoms in total. The first-order valence-corrected chi connectivity index (χ1v) is 12.8. The Kier molecular flexibility index (Phi) is 7.21. The molecule has 3 fully saturated rings. The molecule has 0 aliphatic carbocycles. The predicted molar refractivity (Wildman–Crippen MR) is 132 cm³/mol. The Hall–Kier alpha value is -2.17. The molecule has 0 aromatic heterocycles. The third-order valence-electron chi connectivity index (χ3n) is 7.41. The predicted octanol–water partition coefficient (Wildman–Crippen LogP) is 1.35. The molecule has 0 saturated carbocycles. The minimum absolute atomic E-state index is 0.105. The van der Waals surface area contributed by atoms with Gasteiger partial charge in [0.25, 0.3) is 0 Å². The van der Waals surface area contributed by atoms with Gasteiger partial charge in [-0.15, -0.1) is 0 Å². The lowest BCUT2D eigenvalue weighted by molar-refractivity contribution is -0.140. The maximum atomic E-state index is 13.7.